The van der Waals surface area contributed by atoms with E-state index in [9.17, 15) is 4.79 Å². The molecule has 1 amide bonds. The van der Waals surface area contributed by atoms with E-state index in [0.717, 1.165) is 24.8 Å². The second-order valence-corrected chi connectivity index (χ2v) is 3.46. The van der Waals surface area contributed by atoms with Crippen molar-refractivity contribution in [2.24, 2.45) is 0 Å². The van der Waals surface area contributed by atoms with E-state index in [1.807, 2.05) is 6.07 Å². The number of hydrogen-bond donors (Lipinski definition) is 1. The minimum Gasteiger partial charge on any atom is -0.450 e. The number of nitrogens with zero attached hydrogens (tertiary/aromatic N) is 1. The zero-order valence-electron chi connectivity index (χ0n) is 9.53. The number of alkyl carbamates (subject to hydrolysis) is 1. The Morgan fingerprint density at radius 3 is 3.19 bits per heavy atom. The summed E-state index contributed by atoms with van der Waals surface area (Å²) in [5.74, 6) is 0. The van der Waals surface area contributed by atoms with Crippen molar-refractivity contribution in [3.63, 3.8) is 0 Å². The molecule has 1 aromatic rings. The van der Waals surface area contributed by atoms with E-state index >= 15 is 0 Å². The standard InChI is InChI=1S/C12H17N2O2/c1-2-3-9-16-12(15)14-8-6-11-5-4-7-13-10-11/h4-5,10H,2-3,6,8-9H2,1H3,(H,14,15). The molecule has 4 nitrogen and oxygen atoms in total. The number of rotatable bonds is 6. The number of nitrogens with one attached hydrogen (secondary N) is 1. The number of unbranched alkanes of at least 4 members (excludes halogenated alkanes) is 1. The molecule has 0 unspecified atom stereocenters. The predicted molar refractivity (Wildman–Crippen MR) is 61.0 cm³/mol. The van der Waals surface area contributed by atoms with Crippen molar-refractivity contribution in [3.8, 4) is 0 Å². The van der Waals surface area contributed by atoms with Gasteiger partial charge in [-0.3, -0.25) is 4.98 Å². The van der Waals surface area contributed by atoms with Gasteiger partial charge in [-0.2, -0.15) is 0 Å². The second kappa shape index (κ2) is 7.68. The molecular weight excluding hydrogens is 204 g/mol. The van der Waals surface area contributed by atoms with Gasteiger partial charge in [0.15, 0.2) is 0 Å². The molecule has 0 aliphatic heterocycles. The van der Waals surface area contributed by atoms with E-state index in [2.05, 4.69) is 23.4 Å². The van der Waals surface area contributed by atoms with Crippen LogP contribution in [0.25, 0.3) is 0 Å². The Hall–Kier alpha value is -1.58. The SMILES string of the molecule is CCCCOC(=O)NCCc1cc[c]nc1. The molecule has 4 heteroatoms. The van der Waals surface area contributed by atoms with E-state index in [-0.39, 0.29) is 6.09 Å². The summed E-state index contributed by atoms with van der Waals surface area (Å²) in [6.45, 7) is 3.11. The van der Waals surface area contributed by atoms with Crippen LogP contribution in [0.3, 0.4) is 0 Å². The first kappa shape index (κ1) is 12.5. The molecule has 1 N–H and O–H groups in total. The topological polar surface area (TPSA) is 51.2 Å². The summed E-state index contributed by atoms with van der Waals surface area (Å²) in [6, 6.07) is 3.69. The third-order valence-electron chi connectivity index (χ3n) is 2.09. The first-order chi connectivity index (χ1) is 7.83. The molecule has 0 saturated heterocycles. The van der Waals surface area contributed by atoms with Crippen LogP contribution >= 0.6 is 0 Å². The Kier molecular flexibility index (Phi) is 5.99. The Labute approximate surface area is 96.0 Å². The van der Waals surface area contributed by atoms with Crippen LogP contribution in [-0.2, 0) is 11.2 Å². The van der Waals surface area contributed by atoms with Crippen LogP contribution in [0, 0.1) is 6.20 Å². The summed E-state index contributed by atoms with van der Waals surface area (Å²) in [4.78, 5) is 15.0. The fourth-order valence-corrected chi connectivity index (χ4v) is 1.17. The normalized spacial score (nSPS) is 9.81. The van der Waals surface area contributed by atoms with Crippen molar-refractivity contribution < 1.29 is 9.53 Å². The molecule has 1 aromatic heterocycles. The summed E-state index contributed by atoms with van der Waals surface area (Å²) >= 11 is 0. The maximum atomic E-state index is 11.2. The van der Waals surface area contributed by atoms with Gasteiger partial charge in [-0.15, -0.1) is 0 Å². The molecule has 0 saturated carbocycles. The highest BCUT2D eigenvalue weighted by molar-refractivity contribution is 5.67. The Balaban J connectivity index is 2.09. The van der Waals surface area contributed by atoms with E-state index in [0.29, 0.717) is 13.2 Å². The van der Waals surface area contributed by atoms with Gasteiger partial charge >= 0.3 is 6.09 Å². The molecule has 87 valence electrons. The van der Waals surface area contributed by atoms with Crippen LogP contribution in [0.15, 0.2) is 18.3 Å². The zero-order valence-corrected chi connectivity index (χ0v) is 9.53. The molecule has 1 heterocycles. The number of pyridine rings is 1. The van der Waals surface area contributed by atoms with Gasteiger partial charge in [0, 0.05) is 12.7 Å². The average Bonchev–Trinajstić information content (AvgIpc) is 2.31. The largest absolute Gasteiger partial charge is 0.450 e. The minimum absolute atomic E-state index is 0.344. The Bertz CT molecular complexity index is 301. The quantitative estimate of drug-likeness (QED) is 0.747. The van der Waals surface area contributed by atoms with E-state index < -0.39 is 0 Å². The highest BCUT2D eigenvalue weighted by Gasteiger charge is 2.00. The summed E-state index contributed by atoms with van der Waals surface area (Å²) in [6.07, 6.45) is 6.79. The van der Waals surface area contributed by atoms with Crippen molar-refractivity contribution in [2.75, 3.05) is 13.2 Å². The average molecular weight is 221 g/mol. The number of aromatic nitrogens is 1. The van der Waals surface area contributed by atoms with Crippen LogP contribution in [0.5, 0.6) is 0 Å². The van der Waals surface area contributed by atoms with Crippen molar-refractivity contribution in [1.29, 1.82) is 0 Å². The van der Waals surface area contributed by atoms with Gasteiger partial charge < -0.3 is 10.1 Å². The molecule has 16 heavy (non-hydrogen) atoms. The first-order valence-electron chi connectivity index (χ1n) is 5.54. The van der Waals surface area contributed by atoms with E-state index in [4.69, 9.17) is 4.74 Å². The van der Waals surface area contributed by atoms with E-state index in [1.54, 1.807) is 12.3 Å². The lowest BCUT2D eigenvalue weighted by atomic mass is 10.2. The maximum Gasteiger partial charge on any atom is 0.407 e. The fourth-order valence-electron chi connectivity index (χ4n) is 1.17. The summed E-state index contributed by atoms with van der Waals surface area (Å²) in [5.41, 5.74) is 1.08. The van der Waals surface area contributed by atoms with E-state index in [1.165, 1.54) is 0 Å². The van der Waals surface area contributed by atoms with Crippen LogP contribution in [0.4, 0.5) is 4.79 Å². The molecule has 0 bridgehead atoms. The fraction of sp³-hybridized carbons (Fsp3) is 0.500. The van der Waals surface area contributed by atoms with Crippen molar-refractivity contribution in [2.45, 2.75) is 26.2 Å². The predicted octanol–water partition coefficient (Wildman–Crippen LogP) is 1.95. The van der Waals surface area contributed by atoms with Crippen LogP contribution in [-0.4, -0.2) is 24.2 Å². The molecule has 0 fully saturated rings. The number of hydrogen-bond acceptors (Lipinski definition) is 3. The minimum atomic E-state index is -0.344. The number of carbonyl (C=O) groups is 1. The monoisotopic (exact) mass is 221 g/mol. The van der Waals surface area contributed by atoms with Gasteiger partial charge in [0.2, 0.25) is 0 Å². The van der Waals surface area contributed by atoms with Crippen LogP contribution in [0.2, 0.25) is 0 Å². The Morgan fingerprint density at radius 1 is 1.62 bits per heavy atom. The number of amides is 1. The van der Waals surface area contributed by atoms with Gasteiger partial charge in [0.05, 0.1) is 12.8 Å². The van der Waals surface area contributed by atoms with Gasteiger partial charge in [-0.25, -0.2) is 4.79 Å². The van der Waals surface area contributed by atoms with Gasteiger partial charge in [-0.05, 0) is 24.5 Å². The molecule has 0 atom stereocenters. The second-order valence-electron chi connectivity index (χ2n) is 3.46. The van der Waals surface area contributed by atoms with Gasteiger partial charge in [-0.1, -0.05) is 19.4 Å². The van der Waals surface area contributed by atoms with Crippen molar-refractivity contribution in [1.82, 2.24) is 10.3 Å². The molecule has 0 spiro atoms. The lowest BCUT2D eigenvalue weighted by Gasteiger charge is -2.05. The first-order valence-corrected chi connectivity index (χ1v) is 5.54. The van der Waals surface area contributed by atoms with Crippen LogP contribution in [0.1, 0.15) is 25.3 Å². The third kappa shape index (κ3) is 5.34. The lowest BCUT2D eigenvalue weighted by molar-refractivity contribution is 0.144. The highest BCUT2D eigenvalue weighted by Crippen LogP contribution is 1.95. The zero-order chi connectivity index (χ0) is 11.6. The van der Waals surface area contributed by atoms with Crippen molar-refractivity contribution in [3.05, 3.63) is 30.1 Å². The molecule has 1 radical (unpaired) electrons. The molecule has 0 aliphatic rings. The molecular formula is C12H17N2O2. The Morgan fingerprint density at radius 2 is 2.50 bits per heavy atom. The lowest BCUT2D eigenvalue weighted by Crippen LogP contribution is -2.26. The molecule has 1 rings (SSSR count). The van der Waals surface area contributed by atoms with Gasteiger partial charge in [0.1, 0.15) is 0 Å². The smallest absolute Gasteiger partial charge is 0.407 e. The molecule has 0 aromatic carbocycles. The van der Waals surface area contributed by atoms with Gasteiger partial charge in [0.25, 0.3) is 0 Å². The van der Waals surface area contributed by atoms with Crippen molar-refractivity contribution >= 4 is 6.09 Å². The maximum absolute atomic E-state index is 11.2. The molecule has 0 aliphatic carbocycles. The third-order valence-corrected chi connectivity index (χ3v) is 2.09. The summed E-state index contributed by atoms with van der Waals surface area (Å²) in [7, 11) is 0. The summed E-state index contributed by atoms with van der Waals surface area (Å²) in [5, 5.41) is 2.69. The van der Waals surface area contributed by atoms with Crippen LogP contribution < -0.4 is 5.32 Å². The highest BCUT2D eigenvalue weighted by atomic mass is 16.5. The summed E-state index contributed by atoms with van der Waals surface area (Å²) < 4.78 is 4.95. The number of carbonyl (C=O) groups excluding carboxylic acids is 1. The number of ether oxygens (including phenoxy) is 1.